The molecule has 0 heterocycles. The van der Waals surface area contributed by atoms with Gasteiger partial charge in [-0.15, -0.1) is 0 Å². The number of nitrogen functional groups attached to an aromatic ring is 1. The molecule has 0 aliphatic rings. The molecule has 0 radical (unpaired) electrons. The van der Waals surface area contributed by atoms with Gasteiger partial charge in [0, 0.05) is 29.3 Å². The standard InChI is InChI=1S/C17H19N3O2S2/c18-14-6-8-15(9-7-14)24-23-11-10-19-17(21)16(20-22)12-13-4-2-1-3-5-13/h1-9,22H,10-12,18H2,(H,19,21)/b20-16+. The average molecular weight is 361 g/mol. The maximum Gasteiger partial charge on any atom is 0.269 e. The molecule has 4 N–H and O–H groups in total. The molecule has 0 atom stereocenters. The fourth-order valence-electron chi connectivity index (χ4n) is 1.89. The maximum atomic E-state index is 12.0. The Bertz CT molecular complexity index is 676. The molecule has 2 aromatic carbocycles. The fraction of sp³-hybridized carbons (Fsp3) is 0.176. The zero-order chi connectivity index (χ0) is 17.2. The van der Waals surface area contributed by atoms with Gasteiger partial charge in [-0.1, -0.05) is 57.1 Å². The molecule has 7 heteroatoms. The first-order valence-electron chi connectivity index (χ1n) is 7.37. The SMILES string of the molecule is Nc1ccc(SSCCNC(=O)/C(Cc2ccccc2)=N/O)cc1. The van der Waals surface area contributed by atoms with E-state index in [0.29, 0.717) is 13.0 Å². The van der Waals surface area contributed by atoms with Crippen molar-refractivity contribution in [2.24, 2.45) is 5.16 Å². The van der Waals surface area contributed by atoms with E-state index >= 15 is 0 Å². The lowest BCUT2D eigenvalue weighted by atomic mass is 10.1. The number of nitrogens with zero attached hydrogens (tertiary/aromatic N) is 1. The zero-order valence-corrected chi connectivity index (χ0v) is 14.6. The Hall–Kier alpha value is -2.12. The second-order valence-electron chi connectivity index (χ2n) is 4.94. The van der Waals surface area contributed by atoms with Crippen LogP contribution in [0.5, 0.6) is 0 Å². The van der Waals surface area contributed by atoms with Crippen LogP contribution in [-0.2, 0) is 11.2 Å². The van der Waals surface area contributed by atoms with E-state index in [0.717, 1.165) is 21.9 Å². The van der Waals surface area contributed by atoms with Crippen LogP contribution in [0.2, 0.25) is 0 Å². The summed E-state index contributed by atoms with van der Waals surface area (Å²) < 4.78 is 0. The number of nitrogens with one attached hydrogen (secondary N) is 1. The molecular formula is C17H19N3O2S2. The molecule has 0 aromatic heterocycles. The summed E-state index contributed by atoms with van der Waals surface area (Å²) in [6, 6.07) is 17.1. The minimum atomic E-state index is -0.348. The van der Waals surface area contributed by atoms with E-state index in [1.54, 1.807) is 21.6 Å². The highest BCUT2D eigenvalue weighted by atomic mass is 33.1. The first kappa shape index (κ1) is 18.2. The van der Waals surface area contributed by atoms with Crippen LogP contribution in [0, 0.1) is 0 Å². The van der Waals surface area contributed by atoms with Crippen LogP contribution in [0.15, 0.2) is 64.6 Å². The normalized spacial score (nSPS) is 11.2. The van der Waals surface area contributed by atoms with Crippen LogP contribution in [0.4, 0.5) is 5.69 Å². The van der Waals surface area contributed by atoms with Gasteiger partial charge in [-0.3, -0.25) is 4.79 Å². The first-order chi connectivity index (χ1) is 11.7. The van der Waals surface area contributed by atoms with Gasteiger partial charge in [0.1, 0.15) is 5.71 Å². The molecule has 0 bridgehead atoms. The Morgan fingerprint density at radius 3 is 2.50 bits per heavy atom. The number of carbonyl (C=O) groups is 1. The Kier molecular flexibility index (Phi) is 7.51. The summed E-state index contributed by atoms with van der Waals surface area (Å²) in [6.45, 7) is 0.499. The van der Waals surface area contributed by atoms with E-state index in [9.17, 15) is 4.79 Å². The quantitative estimate of drug-likeness (QED) is 0.168. The monoisotopic (exact) mass is 361 g/mol. The Balaban J connectivity index is 1.69. The van der Waals surface area contributed by atoms with E-state index in [2.05, 4.69) is 10.5 Å². The van der Waals surface area contributed by atoms with Gasteiger partial charge in [0.05, 0.1) is 0 Å². The van der Waals surface area contributed by atoms with E-state index in [1.165, 1.54) is 0 Å². The highest BCUT2D eigenvalue weighted by Crippen LogP contribution is 2.30. The lowest BCUT2D eigenvalue weighted by molar-refractivity contribution is -0.114. The molecular weight excluding hydrogens is 342 g/mol. The molecule has 0 aliphatic carbocycles. The number of hydrogen-bond acceptors (Lipinski definition) is 6. The first-order valence-corrected chi connectivity index (χ1v) is 9.69. The number of oxime groups is 1. The van der Waals surface area contributed by atoms with Gasteiger partial charge in [-0.2, -0.15) is 0 Å². The van der Waals surface area contributed by atoms with Crippen LogP contribution < -0.4 is 11.1 Å². The van der Waals surface area contributed by atoms with Gasteiger partial charge >= 0.3 is 0 Å². The summed E-state index contributed by atoms with van der Waals surface area (Å²) in [6.07, 6.45) is 0.302. The number of amides is 1. The third-order valence-electron chi connectivity index (χ3n) is 3.10. The average Bonchev–Trinajstić information content (AvgIpc) is 2.61. The minimum Gasteiger partial charge on any atom is -0.410 e. The molecule has 0 saturated carbocycles. The second kappa shape index (κ2) is 9.89. The number of nitrogens with two attached hydrogens (primary N) is 1. The highest BCUT2D eigenvalue weighted by molar-refractivity contribution is 8.76. The van der Waals surface area contributed by atoms with Gasteiger partial charge in [0.15, 0.2) is 0 Å². The second-order valence-corrected chi connectivity index (χ2v) is 7.43. The molecule has 0 fully saturated rings. The largest absolute Gasteiger partial charge is 0.410 e. The van der Waals surface area contributed by atoms with Crippen molar-refractivity contribution in [2.45, 2.75) is 11.3 Å². The van der Waals surface area contributed by atoms with E-state index in [-0.39, 0.29) is 11.6 Å². The van der Waals surface area contributed by atoms with Crippen LogP contribution in [0.1, 0.15) is 5.56 Å². The number of hydrogen-bond donors (Lipinski definition) is 3. The van der Waals surface area contributed by atoms with Gasteiger partial charge in [0.2, 0.25) is 0 Å². The smallest absolute Gasteiger partial charge is 0.269 e. The summed E-state index contributed by atoms with van der Waals surface area (Å²) in [5.41, 5.74) is 7.41. The minimum absolute atomic E-state index is 0.109. The van der Waals surface area contributed by atoms with Gasteiger partial charge in [-0.05, 0) is 29.8 Å². The molecule has 0 spiro atoms. The summed E-state index contributed by atoms with van der Waals surface area (Å²) in [4.78, 5) is 13.1. The molecule has 0 saturated heterocycles. The van der Waals surface area contributed by atoms with Crippen molar-refractivity contribution < 1.29 is 10.0 Å². The molecule has 0 aliphatic heterocycles. The van der Waals surface area contributed by atoms with Crippen molar-refractivity contribution in [3.63, 3.8) is 0 Å². The van der Waals surface area contributed by atoms with Gasteiger partial charge < -0.3 is 16.3 Å². The summed E-state index contributed by atoms with van der Waals surface area (Å²) in [7, 11) is 3.26. The zero-order valence-electron chi connectivity index (χ0n) is 13.0. The topological polar surface area (TPSA) is 87.7 Å². The van der Waals surface area contributed by atoms with Crippen LogP contribution in [0.25, 0.3) is 0 Å². The van der Waals surface area contributed by atoms with Gasteiger partial charge in [0.25, 0.3) is 5.91 Å². The Morgan fingerprint density at radius 1 is 1.12 bits per heavy atom. The number of benzene rings is 2. The van der Waals surface area contributed by atoms with Gasteiger partial charge in [-0.25, -0.2) is 0 Å². The summed E-state index contributed by atoms with van der Waals surface area (Å²) >= 11 is 0. The molecule has 0 unspecified atom stereocenters. The highest BCUT2D eigenvalue weighted by Gasteiger charge is 2.12. The van der Waals surface area contributed by atoms with Crippen molar-refractivity contribution in [3.8, 4) is 0 Å². The predicted molar refractivity (Wildman–Crippen MR) is 102 cm³/mol. The Labute approximate surface area is 149 Å². The van der Waals surface area contributed by atoms with Crippen LogP contribution in [0.3, 0.4) is 0 Å². The van der Waals surface area contributed by atoms with Crippen molar-refractivity contribution in [2.75, 3.05) is 18.0 Å². The molecule has 24 heavy (non-hydrogen) atoms. The lowest BCUT2D eigenvalue weighted by Crippen LogP contribution is -2.33. The summed E-state index contributed by atoms with van der Waals surface area (Å²) in [5.74, 6) is 0.393. The molecule has 2 aromatic rings. The number of anilines is 1. The number of carbonyl (C=O) groups excluding carboxylic acids is 1. The number of rotatable bonds is 8. The fourth-order valence-corrected chi connectivity index (χ4v) is 3.79. The van der Waals surface area contributed by atoms with E-state index in [4.69, 9.17) is 10.9 Å². The molecule has 126 valence electrons. The van der Waals surface area contributed by atoms with Crippen molar-refractivity contribution in [1.82, 2.24) is 5.32 Å². The third kappa shape index (κ3) is 6.17. The van der Waals surface area contributed by atoms with E-state index in [1.807, 2.05) is 54.6 Å². The molecule has 5 nitrogen and oxygen atoms in total. The summed E-state index contributed by atoms with van der Waals surface area (Å²) in [5, 5.41) is 14.9. The van der Waals surface area contributed by atoms with Crippen molar-refractivity contribution in [1.29, 1.82) is 0 Å². The Morgan fingerprint density at radius 2 is 1.83 bits per heavy atom. The molecule has 1 amide bonds. The predicted octanol–water partition coefficient (Wildman–Crippen LogP) is 3.20. The third-order valence-corrected chi connectivity index (χ3v) is 5.49. The maximum absolute atomic E-state index is 12.0. The van der Waals surface area contributed by atoms with E-state index < -0.39 is 0 Å². The van der Waals surface area contributed by atoms with Crippen LogP contribution in [-0.4, -0.2) is 29.1 Å². The molecule has 2 rings (SSSR count). The van der Waals surface area contributed by atoms with Crippen LogP contribution >= 0.6 is 21.6 Å². The van der Waals surface area contributed by atoms with Crippen molar-refractivity contribution in [3.05, 3.63) is 60.2 Å². The lowest BCUT2D eigenvalue weighted by Gasteiger charge is -2.07. The van der Waals surface area contributed by atoms with Crippen molar-refractivity contribution >= 4 is 38.9 Å².